The number of methoxy groups -OCH3 is 1. The molecule has 1 aromatic rings. The summed E-state index contributed by atoms with van der Waals surface area (Å²) in [7, 11) is 1.55. The largest absolute Gasteiger partial charge is 0.496 e. The Labute approximate surface area is 95.6 Å². The topological polar surface area (TPSA) is 61.3 Å². The van der Waals surface area contributed by atoms with Gasteiger partial charge in [0.05, 0.1) is 7.11 Å². The van der Waals surface area contributed by atoms with Crippen molar-refractivity contribution in [3.05, 3.63) is 29.6 Å². The molecule has 2 atom stereocenters. The van der Waals surface area contributed by atoms with Gasteiger partial charge in [-0.2, -0.15) is 0 Å². The third-order valence-electron chi connectivity index (χ3n) is 2.65. The quantitative estimate of drug-likeness (QED) is 0.805. The van der Waals surface area contributed by atoms with Crippen molar-refractivity contribution >= 4 is 0 Å². The van der Waals surface area contributed by atoms with Gasteiger partial charge in [0.1, 0.15) is 11.6 Å². The van der Waals surface area contributed by atoms with Gasteiger partial charge in [0.2, 0.25) is 0 Å². The first-order valence-electron chi connectivity index (χ1n) is 5.37. The summed E-state index contributed by atoms with van der Waals surface area (Å²) in [5.74, 6) is 0.632. The first-order valence-corrected chi connectivity index (χ1v) is 5.37. The van der Waals surface area contributed by atoms with Crippen LogP contribution in [0.15, 0.2) is 18.2 Å². The Bertz CT molecular complexity index is 344. The van der Waals surface area contributed by atoms with Crippen molar-refractivity contribution in [2.75, 3.05) is 13.7 Å². The Balaban J connectivity index is 2.88. The standard InChI is InChI=1S/C12H19FN2O/c1-8(7-14)5-11(15)10-6-9(13)3-4-12(10)16-2/h3-4,6,8,11H,5,7,14-15H2,1-2H3. The van der Waals surface area contributed by atoms with E-state index in [1.54, 1.807) is 13.2 Å². The van der Waals surface area contributed by atoms with Crippen LogP contribution in [-0.2, 0) is 0 Å². The predicted molar refractivity (Wildman–Crippen MR) is 62.7 cm³/mol. The maximum absolute atomic E-state index is 13.1. The number of hydrogen-bond acceptors (Lipinski definition) is 3. The van der Waals surface area contributed by atoms with E-state index >= 15 is 0 Å². The summed E-state index contributed by atoms with van der Waals surface area (Å²) >= 11 is 0. The van der Waals surface area contributed by atoms with E-state index < -0.39 is 0 Å². The van der Waals surface area contributed by atoms with Crippen molar-refractivity contribution in [1.29, 1.82) is 0 Å². The minimum absolute atomic E-state index is 0.246. The van der Waals surface area contributed by atoms with Crippen molar-refractivity contribution < 1.29 is 9.13 Å². The average Bonchev–Trinajstić information content (AvgIpc) is 2.28. The van der Waals surface area contributed by atoms with Crippen molar-refractivity contribution in [3.8, 4) is 5.75 Å². The molecule has 0 aliphatic heterocycles. The van der Waals surface area contributed by atoms with Crippen LogP contribution in [0.4, 0.5) is 4.39 Å². The number of rotatable bonds is 5. The molecular formula is C12H19FN2O. The first kappa shape index (κ1) is 12.9. The van der Waals surface area contributed by atoms with E-state index in [0.717, 1.165) is 6.42 Å². The summed E-state index contributed by atoms with van der Waals surface area (Å²) in [6.45, 7) is 2.59. The van der Waals surface area contributed by atoms with Gasteiger partial charge in [0.15, 0.2) is 0 Å². The SMILES string of the molecule is COc1ccc(F)cc1C(N)CC(C)CN. The second kappa shape index (κ2) is 5.82. The molecule has 0 aromatic heterocycles. The zero-order valence-corrected chi connectivity index (χ0v) is 9.74. The highest BCUT2D eigenvalue weighted by molar-refractivity contribution is 5.36. The highest BCUT2D eigenvalue weighted by Gasteiger charge is 2.15. The van der Waals surface area contributed by atoms with Gasteiger partial charge in [-0.05, 0) is 37.1 Å². The number of ether oxygens (including phenoxy) is 1. The van der Waals surface area contributed by atoms with Crippen LogP contribution in [0.25, 0.3) is 0 Å². The van der Waals surface area contributed by atoms with Crippen LogP contribution in [0.3, 0.4) is 0 Å². The Kier molecular flexibility index (Phi) is 4.71. The molecule has 2 unspecified atom stereocenters. The van der Waals surface area contributed by atoms with Gasteiger partial charge < -0.3 is 16.2 Å². The summed E-state index contributed by atoms with van der Waals surface area (Å²) in [4.78, 5) is 0. The second-order valence-corrected chi connectivity index (χ2v) is 4.07. The summed E-state index contributed by atoms with van der Waals surface area (Å²) < 4.78 is 18.3. The number of benzene rings is 1. The lowest BCUT2D eigenvalue weighted by molar-refractivity contribution is 0.396. The van der Waals surface area contributed by atoms with E-state index in [1.807, 2.05) is 6.92 Å². The highest BCUT2D eigenvalue weighted by atomic mass is 19.1. The van der Waals surface area contributed by atoms with E-state index in [9.17, 15) is 4.39 Å². The summed E-state index contributed by atoms with van der Waals surface area (Å²) in [5.41, 5.74) is 12.2. The van der Waals surface area contributed by atoms with Gasteiger partial charge in [0, 0.05) is 11.6 Å². The molecule has 1 rings (SSSR count). The first-order chi connectivity index (χ1) is 7.58. The zero-order chi connectivity index (χ0) is 12.1. The highest BCUT2D eigenvalue weighted by Crippen LogP contribution is 2.28. The maximum atomic E-state index is 13.1. The van der Waals surface area contributed by atoms with Gasteiger partial charge >= 0.3 is 0 Å². The maximum Gasteiger partial charge on any atom is 0.123 e. The molecule has 0 saturated carbocycles. The number of nitrogens with two attached hydrogens (primary N) is 2. The molecule has 0 radical (unpaired) electrons. The van der Waals surface area contributed by atoms with Crippen molar-refractivity contribution in [3.63, 3.8) is 0 Å². The third-order valence-corrected chi connectivity index (χ3v) is 2.65. The van der Waals surface area contributed by atoms with Crippen LogP contribution in [-0.4, -0.2) is 13.7 Å². The smallest absolute Gasteiger partial charge is 0.123 e. The molecule has 0 fully saturated rings. The lowest BCUT2D eigenvalue weighted by Crippen LogP contribution is -2.19. The van der Waals surface area contributed by atoms with Crippen LogP contribution in [0, 0.1) is 11.7 Å². The van der Waals surface area contributed by atoms with Gasteiger partial charge in [-0.3, -0.25) is 0 Å². The molecule has 0 bridgehead atoms. The summed E-state index contributed by atoms with van der Waals surface area (Å²) in [6.07, 6.45) is 0.719. The Morgan fingerprint density at radius 2 is 2.12 bits per heavy atom. The van der Waals surface area contributed by atoms with Crippen molar-refractivity contribution in [1.82, 2.24) is 0 Å². The van der Waals surface area contributed by atoms with E-state index in [4.69, 9.17) is 16.2 Å². The summed E-state index contributed by atoms with van der Waals surface area (Å²) in [6, 6.07) is 4.13. The molecule has 0 heterocycles. The van der Waals surface area contributed by atoms with E-state index in [-0.39, 0.29) is 11.9 Å². The molecule has 3 nitrogen and oxygen atoms in total. The fraction of sp³-hybridized carbons (Fsp3) is 0.500. The van der Waals surface area contributed by atoms with Gasteiger partial charge in [-0.25, -0.2) is 4.39 Å². The predicted octanol–water partition coefficient (Wildman–Crippen LogP) is 1.82. The van der Waals surface area contributed by atoms with Gasteiger partial charge in [-0.1, -0.05) is 6.92 Å². The van der Waals surface area contributed by atoms with Crippen LogP contribution in [0.5, 0.6) is 5.75 Å². The lowest BCUT2D eigenvalue weighted by Gasteiger charge is -2.18. The molecule has 0 saturated heterocycles. The molecule has 0 aliphatic rings. The second-order valence-electron chi connectivity index (χ2n) is 4.07. The molecule has 0 amide bonds. The fourth-order valence-corrected chi connectivity index (χ4v) is 1.65. The van der Waals surface area contributed by atoms with Crippen LogP contribution in [0.1, 0.15) is 24.9 Å². The molecule has 0 spiro atoms. The number of hydrogen-bond donors (Lipinski definition) is 2. The lowest BCUT2D eigenvalue weighted by atomic mass is 9.96. The molecule has 4 N–H and O–H groups in total. The molecular weight excluding hydrogens is 207 g/mol. The van der Waals surface area contributed by atoms with E-state index in [1.165, 1.54) is 12.1 Å². The molecule has 1 aromatic carbocycles. The van der Waals surface area contributed by atoms with E-state index in [0.29, 0.717) is 23.8 Å². The monoisotopic (exact) mass is 226 g/mol. The molecule has 0 aliphatic carbocycles. The van der Waals surface area contributed by atoms with E-state index in [2.05, 4.69) is 0 Å². The van der Waals surface area contributed by atoms with Gasteiger partial charge in [0.25, 0.3) is 0 Å². The Morgan fingerprint density at radius 3 is 2.69 bits per heavy atom. The average molecular weight is 226 g/mol. The fourth-order valence-electron chi connectivity index (χ4n) is 1.65. The summed E-state index contributed by atoms with van der Waals surface area (Å²) in [5, 5.41) is 0. The molecule has 16 heavy (non-hydrogen) atoms. The Hall–Kier alpha value is -1.13. The van der Waals surface area contributed by atoms with Crippen molar-refractivity contribution in [2.24, 2.45) is 17.4 Å². The Morgan fingerprint density at radius 1 is 1.44 bits per heavy atom. The van der Waals surface area contributed by atoms with Gasteiger partial charge in [-0.15, -0.1) is 0 Å². The third kappa shape index (κ3) is 3.18. The van der Waals surface area contributed by atoms with Crippen LogP contribution < -0.4 is 16.2 Å². The normalized spacial score (nSPS) is 14.6. The van der Waals surface area contributed by atoms with Crippen LogP contribution >= 0.6 is 0 Å². The minimum atomic E-state index is -0.299. The zero-order valence-electron chi connectivity index (χ0n) is 9.74. The molecule has 90 valence electrons. The van der Waals surface area contributed by atoms with Crippen LogP contribution in [0.2, 0.25) is 0 Å². The molecule has 4 heteroatoms. The van der Waals surface area contributed by atoms with Crippen molar-refractivity contribution in [2.45, 2.75) is 19.4 Å². The number of halogens is 1. The minimum Gasteiger partial charge on any atom is -0.496 e.